The van der Waals surface area contributed by atoms with Crippen molar-refractivity contribution in [1.29, 1.82) is 0 Å². The molecule has 0 aliphatic carbocycles. The van der Waals surface area contributed by atoms with Gasteiger partial charge in [-0.1, -0.05) is 22.0 Å². The molecular weight excluding hydrogens is 436 g/mol. The number of anilines is 2. The van der Waals surface area contributed by atoms with Gasteiger partial charge in [-0.15, -0.1) is 0 Å². The Morgan fingerprint density at radius 1 is 0.759 bits per heavy atom. The minimum Gasteiger partial charge on any atom is -0.478 e. The maximum absolute atomic E-state index is 12.5. The summed E-state index contributed by atoms with van der Waals surface area (Å²) in [4.78, 5) is 35.9. The molecule has 0 saturated carbocycles. The molecular formula is C22H17BrN2O4. The molecule has 0 spiro atoms. The summed E-state index contributed by atoms with van der Waals surface area (Å²) < 4.78 is 0.883. The van der Waals surface area contributed by atoms with Gasteiger partial charge in [0.1, 0.15) is 0 Å². The van der Waals surface area contributed by atoms with Gasteiger partial charge in [0.25, 0.3) is 11.8 Å². The van der Waals surface area contributed by atoms with Crippen molar-refractivity contribution in [3.05, 3.63) is 93.5 Å². The van der Waals surface area contributed by atoms with E-state index < -0.39 is 5.97 Å². The number of aryl methyl sites for hydroxylation is 1. The van der Waals surface area contributed by atoms with E-state index >= 15 is 0 Å². The summed E-state index contributed by atoms with van der Waals surface area (Å²) in [5.41, 5.74) is 2.73. The first kappa shape index (κ1) is 20.3. The Hall–Kier alpha value is -3.45. The molecule has 0 saturated heterocycles. The van der Waals surface area contributed by atoms with E-state index in [0.717, 1.165) is 10.0 Å². The van der Waals surface area contributed by atoms with Crippen molar-refractivity contribution in [3.8, 4) is 0 Å². The molecule has 0 heterocycles. The first-order valence-corrected chi connectivity index (χ1v) is 9.45. The van der Waals surface area contributed by atoms with Gasteiger partial charge in [0, 0.05) is 27.0 Å². The van der Waals surface area contributed by atoms with Crippen molar-refractivity contribution >= 4 is 45.1 Å². The Balaban J connectivity index is 1.69. The van der Waals surface area contributed by atoms with Crippen LogP contribution in [0.5, 0.6) is 0 Å². The normalized spacial score (nSPS) is 10.3. The average molecular weight is 453 g/mol. The summed E-state index contributed by atoms with van der Waals surface area (Å²) in [6.07, 6.45) is 0. The van der Waals surface area contributed by atoms with Gasteiger partial charge in [-0.2, -0.15) is 0 Å². The molecule has 3 rings (SSSR count). The fourth-order valence-electron chi connectivity index (χ4n) is 2.59. The van der Waals surface area contributed by atoms with E-state index in [-0.39, 0.29) is 17.4 Å². The number of carboxylic acids is 1. The predicted octanol–water partition coefficient (Wildman–Crippen LogP) is 4.96. The van der Waals surface area contributed by atoms with Crippen LogP contribution in [0.3, 0.4) is 0 Å². The van der Waals surface area contributed by atoms with Crippen molar-refractivity contribution in [2.45, 2.75) is 6.92 Å². The molecule has 0 fully saturated rings. The van der Waals surface area contributed by atoms with E-state index in [1.807, 2.05) is 0 Å². The van der Waals surface area contributed by atoms with E-state index in [1.165, 1.54) is 12.1 Å². The molecule has 0 bridgehead atoms. The standard InChI is InChI=1S/C22H17BrN2O4/c1-13-2-3-16(22(28)29)12-19(13)25-21(27)15-6-10-18(11-7-15)24-20(26)14-4-8-17(23)9-5-14/h2-12H,1H3,(H,24,26)(H,25,27)(H,28,29). The van der Waals surface area contributed by atoms with Crippen LogP contribution < -0.4 is 10.6 Å². The molecule has 3 N–H and O–H groups in total. The van der Waals surface area contributed by atoms with Gasteiger partial charge in [-0.3, -0.25) is 9.59 Å². The zero-order chi connectivity index (χ0) is 21.0. The van der Waals surface area contributed by atoms with Gasteiger partial charge in [-0.25, -0.2) is 4.79 Å². The molecule has 2 amide bonds. The number of carbonyl (C=O) groups is 3. The van der Waals surface area contributed by atoms with Gasteiger partial charge < -0.3 is 15.7 Å². The maximum Gasteiger partial charge on any atom is 0.335 e. The van der Waals surface area contributed by atoms with E-state index in [1.54, 1.807) is 61.5 Å². The quantitative estimate of drug-likeness (QED) is 0.509. The Morgan fingerprint density at radius 2 is 1.28 bits per heavy atom. The van der Waals surface area contributed by atoms with Crippen LogP contribution >= 0.6 is 15.9 Å². The van der Waals surface area contributed by atoms with E-state index in [4.69, 9.17) is 5.11 Å². The number of carboxylic acid groups (broad SMARTS) is 1. The summed E-state index contributed by atoms with van der Waals surface area (Å²) in [6, 6.07) is 17.9. The van der Waals surface area contributed by atoms with Gasteiger partial charge in [-0.05, 0) is 73.2 Å². The third kappa shape index (κ3) is 5.08. The Bertz CT molecular complexity index is 1080. The highest BCUT2D eigenvalue weighted by Crippen LogP contribution is 2.19. The summed E-state index contributed by atoms with van der Waals surface area (Å²) in [7, 11) is 0. The molecule has 29 heavy (non-hydrogen) atoms. The largest absolute Gasteiger partial charge is 0.478 e. The van der Waals surface area contributed by atoms with Gasteiger partial charge in [0.05, 0.1) is 5.56 Å². The molecule has 146 valence electrons. The molecule has 0 aromatic heterocycles. The van der Waals surface area contributed by atoms with Gasteiger partial charge in [0.2, 0.25) is 0 Å². The van der Waals surface area contributed by atoms with Gasteiger partial charge >= 0.3 is 5.97 Å². The highest BCUT2D eigenvalue weighted by molar-refractivity contribution is 9.10. The number of hydrogen-bond acceptors (Lipinski definition) is 3. The van der Waals surface area contributed by atoms with E-state index in [0.29, 0.717) is 22.5 Å². The summed E-state index contributed by atoms with van der Waals surface area (Å²) in [5, 5.41) is 14.6. The monoisotopic (exact) mass is 452 g/mol. The number of halogens is 1. The fourth-order valence-corrected chi connectivity index (χ4v) is 2.86. The number of rotatable bonds is 5. The lowest BCUT2D eigenvalue weighted by Gasteiger charge is -2.10. The zero-order valence-corrected chi connectivity index (χ0v) is 17.0. The number of amides is 2. The molecule has 0 aliphatic heterocycles. The first-order valence-electron chi connectivity index (χ1n) is 8.66. The maximum atomic E-state index is 12.5. The van der Waals surface area contributed by atoms with Gasteiger partial charge in [0.15, 0.2) is 0 Å². The Labute approximate surface area is 175 Å². The summed E-state index contributed by atoms with van der Waals surface area (Å²) >= 11 is 3.32. The molecule has 0 radical (unpaired) electrons. The highest BCUT2D eigenvalue weighted by atomic mass is 79.9. The topological polar surface area (TPSA) is 95.5 Å². The van der Waals surface area contributed by atoms with Crippen LogP contribution in [0.25, 0.3) is 0 Å². The summed E-state index contributed by atoms with van der Waals surface area (Å²) in [6.45, 7) is 1.78. The molecule has 6 nitrogen and oxygen atoms in total. The van der Waals surface area contributed by atoms with Crippen molar-refractivity contribution < 1.29 is 19.5 Å². The molecule has 3 aromatic rings. The number of carbonyl (C=O) groups excluding carboxylic acids is 2. The zero-order valence-electron chi connectivity index (χ0n) is 15.4. The van der Waals surface area contributed by atoms with Crippen LogP contribution in [0, 0.1) is 6.92 Å². The Morgan fingerprint density at radius 3 is 1.86 bits per heavy atom. The van der Waals surface area contributed by atoms with Crippen molar-refractivity contribution in [2.24, 2.45) is 0 Å². The van der Waals surface area contributed by atoms with Crippen LogP contribution in [0.2, 0.25) is 0 Å². The van der Waals surface area contributed by atoms with Crippen molar-refractivity contribution in [3.63, 3.8) is 0 Å². The van der Waals surface area contributed by atoms with Crippen LogP contribution in [0.15, 0.2) is 71.2 Å². The van der Waals surface area contributed by atoms with Crippen molar-refractivity contribution in [1.82, 2.24) is 0 Å². The lowest BCUT2D eigenvalue weighted by molar-refractivity contribution is 0.0696. The minimum atomic E-state index is -1.06. The Kier molecular flexibility index (Phi) is 6.09. The predicted molar refractivity (Wildman–Crippen MR) is 115 cm³/mol. The highest BCUT2D eigenvalue weighted by Gasteiger charge is 2.12. The fraction of sp³-hybridized carbons (Fsp3) is 0.0455. The second-order valence-corrected chi connectivity index (χ2v) is 7.24. The minimum absolute atomic E-state index is 0.0944. The average Bonchev–Trinajstić information content (AvgIpc) is 2.70. The third-order valence-electron chi connectivity index (χ3n) is 4.24. The van der Waals surface area contributed by atoms with E-state index in [2.05, 4.69) is 26.6 Å². The van der Waals surface area contributed by atoms with Crippen LogP contribution in [-0.2, 0) is 0 Å². The lowest BCUT2D eigenvalue weighted by Crippen LogP contribution is -2.14. The second-order valence-electron chi connectivity index (χ2n) is 6.33. The molecule has 0 aliphatic rings. The number of hydrogen-bond donors (Lipinski definition) is 3. The third-order valence-corrected chi connectivity index (χ3v) is 4.77. The van der Waals surface area contributed by atoms with Crippen LogP contribution in [-0.4, -0.2) is 22.9 Å². The van der Waals surface area contributed by atoms with Crippen LogP contribution in [0.1, 0.15) is 36.6 Å². The summed E-state index contributed by atoms with van der Waals surface area (Å²) in [5.74, 6) is -1.69. The SMILES string of the molecule is Cc1ccc(C(=O)O)cc1NC(=O)c1ccc(NC(=O)c2ccc(Br)cc2)cc1. The van der Waals surface area contributed by atoms with E-state index in [9.17, 15) is 14.4 Å². The number of nitrogens with one attached hydrogen (secondary N) is 2. The first-order chi connectivity index (χ1) is 13.8. The smallest absolute Gasteiger partial charge is 0.335 e. The second kappa shape index (κ2) is 8.70. The molecule has 0 unspecified atom stereocenters. The molecule has 0 atom stereocenters. The van der Waals surface area contributed by atoms with Crippen molar-refractivity contribution in [2.75, 3.05) is 10.6 Å². The lowest BCUT2D eigenvalue weighted by atomic mass is 10.1. The molecule has 7 heteroatoms. The molecule has 3 aromatic carbocycles. The van der Waals surface area contributed by atoms with Crippen LogP contribution in [0.4, 0.5) is 11.4 Å². The number of benzene rings is 3. The number of aromatic carboxylic acids is 1.